The summed E-state index contributed by atoms with van der Waals surface area (Å²) >= 11 is 1.33. The van der Waals surface area contributed by atoms with Gasteiger partial charge in [0.2, 0.25) is 0 Å². The van der Waals surface area contributed by atoms with Crippen LogP contribution in [-0.2, 0) is 6.54 Å². The van der Waals surface area contributed by atoms with Crippen molar-refractivity contribution in [2.75, 3.05) is 5.73 Å². The van der Waals surface area contributed by atoms with Crippen molar-refractivity contribution < 1.29 is 9.32 Å². The molecular formula is C8H8N4O2S. The molecule has 0 saturated heterocycles. The van der Waals surface area contributed by atoms with Gasteiger partial charge in [0, 0.05) is 11.4 Å². The fraction of sp³-hybridized carbons (Fsp3) is 0.125. The molecule has 0 aliphatic heterocycles. The molecule has 0 atom stereocenters. The molecule has 6 nitrogen and oxygen atoms in total. The summed E-state index contributed by atoms with van der Waals surface area (Å²) in [6.45, 7) is 0.333. The number of nitrogens with zero attached hydrogens (tertiary/aromatic N) is 2. The van der Waals surface area contributed by atoms with Crippen LogP contribution >= 0.6 is 11.3 Å². The quantitative estimate of drug-likeness (QED) is 0.798. The highest BCUT2D eigenvalue weighted by atomic mass is 32.1. The molecule has 0 aliphatic rings. The van der Waals surface area contributed by atoms with Gasteiger partial charge >= 0.3 is 0 Å². The van der Waals surface area contributed by atoms with Gasteiger partial charge in [-0.25, -0.2) is 4.98 Å². The van der Waals surface area contributed by atoms with E-state index in [0.717, 1.165) is 5.69 Å². The summed E-state index contributed by atoms with van der Waals surface area (Å²) in [6.07, 6.45) is 1.34. The second kappa shape index (κ2) is 4.09. The average Bonchev–Trinajstić information content (AvgIpc) is 2.84. The Kier molecular flexibility index (Phi) is 2.64. The molecule has 78 valence electrons. The SMILES string of the molecule is Nc1nc(CNC(=O)c2ccon2)cs1. The number of rotatable bonds is 3. The van der Waals surface area contributed by atoms with Crippen LogP contribution in [-0.4, -0.2) is 16.0 Å². The zero-order valence-electron chi connectivity index (χ0n) is 7.64. The van der Waals surface area contributed by atoms with Gasteiger partial charge in [-0.1, -0.05) is 5.16 Å². The Morgan fingerprint density at radius 2 is 2.53 bits per heavy atom. The highest BCUT2D eigenvalue weighted by molar-refractivity contribution is 7.13. The monoisotopic (exact) mass is 224 g/mol. The van der Waals surface area contributed by atoms with Crippen molar-refractivity contribution >= 4 is 22.4 Å². The van der Waals surface area contributed by atoms with E-state index in [4.69, 9.17) is 5.73 Å². The maximum atomic E-state index is 11.4. The molecule has 0 spiro atoms. The van der Waals surface area contributed by atoms with Crippen LogP contribution < -0.4 is 11.1 Å². The molecule has 2 rings (SSSR count). The second-order valence-electron chi connectivity index (χ2n) is 2.74. The van der Waals surface area contributed by atoms with E-state index in [9.17, 15) is 4.79 Å². The lowest BCUT2D eigenvalue weighted by Gasteiger charge is -1.98. The number of thiazole rings is 1. The number of hydrogen-bond acceptors (Lipinski definition) is 6. The summed E-state index contributed by atoms with van der Waals surface area (Å²) in [5.41, 5.74) is 6.43. The van der Waals surface area contributed by atoms with Gasteiger partial charge in [0.1, 0.15) is 6.26 Å². The van der Waals surface area contributed by atoms with Crippen LogP contribution in [0.4, 0.5) is 5.13 Å². The van der Waals surface area contributed by atoms with E-state index < -0.39 is 0 Å². The van der Waals surface area contributed by atoms with E-state index in [1.54, 1.807) is 5.38 Å². The minimum atomic E-state index is -0.296. The fourth-order valence-corrected chi connectivity index (χ4v) is 1.56. The Morgan fingerprint density at radius 3 is 3.13 bits per heavy atom. The first-order chi connectivity index (χ1) is 7.25. The van der Waals surface area contributed by atoms with Gasteiger partial charge in [-0.3, -0.25) is 4.79 Å². The van der Waals surface area contributed by atoms with E-state index >= 15 is 0 Å². The summed E-state index contributed by atoms with van der Waals surface area (Å²) in [5, 5.41) is 8.42. The Labute approximate surface area is 89.1 Å². The Morgan fingerprint density at radius 1 is 1.67 bits per heavy atom. The first kappa shape index (κ1) is 9.66. The molecule has 2 aromatic heterocycles. The number of nitrogens with one attached hydrogen (secondary N) is 1. The summed E-state index contributed by atoms with van der Waals surface area (Å²) in [4.78, 5) is 15.4. The molecular weight excluding hydrogens is 216 g/mol. The summed E-state index contributed by atoms with van der Waals surface area (Å²) < 4.78 is 4.55. The van der Waals surface area contributed by atoms with Crippen molar-refractivity contribution in [1.82, 2.24) is 15.5 Å². The number of aromatic nitrogens is 2. The van der Waals surface area contributed by atoms with Crippen molar-refractivity contribution in [2.24, 2.45) is 0 Å². The highest BCUT2D eigenvalue weighted by Gasteiger charge is 2.08. The molecule has 1 amide bonds. The molecule has 3 N–H and O–H groups in total. The number of carbonyl (C=O) groups excluding carboxylic acids is 1. The lowest BCUT2D eigenvalue weighted by atomic mass is 10.4. The van der Waals surface area contributed by atoms with Crippen LogP contribution in [0.1, 0.15) is 16.2 Å². The van der Waals surface area contributed by atoms with Crippen molar-refractivity contribution in [3.05, 3.63) is 29.1 Å². The number of nitrogen functional groups attached to an aromatic ring is 1. The lowest BCUT2D eigenvalue weighted by molar-refractivity contribution is 0.0941. The van der Waals surface area contributed by atoms with E-state index in [0.29, 0.717) is 11.7 Å². The zero-order chi connectivity index (χ0) is 10.7. The maximum Gasteiger partial charge on any atom is 0.273 e. The van der Waals surface area contributed by atoms with Crippen LogP contribution in [0.3, 0.4) is 0 Å². The predicted octanol–water partition coefficient (Wildman–Crippen LogP) is 0.643. The lowest BCUT2D eigenvalue weighted by Crippen LogP contribution is -2.23. The first-order valence-corrected chi connectivity index (χ1v) is 5.02. The van der Waals surface area contributed by atoms with Gasteiger partial charge in [0.15, 0.2) is 10.8 Å². The van der Waals surface area contributed by atoms with Crippen LogP contribution in [0.25, 0.3) is 0 Å². The normalized spacial score (nSPS) is 10.1. The average molecular weight is 224 g/mol. The smallest absolute Gasteiger partial charge is 0.273 e. The fourth-order valence-electron chi connectivity index (χ4n) is 0.995. The molecule has 2 heterocycles. The molecule has 7 heteroatoms. The third-order valence-electron chi connectivity index (χ3n) is 1.67. The largest absolute Gasteiger partial charge is 0.375 e. The maximum absolute atomic E-state index is 11.4. The van der Waals surface area contributed by atoms with Gasteiger partial charge in [-0.15, -0.1) is 11.3 Å². The molecule has 2 aromatic rings. The minimum Gasteiger partial charge on any atom is -0.375 e. The third kappa shape index (κ3) is 2.32. The van der Waals surface area contributed by atoms with Crippen molar-refractivity contribution in [1.29, 1.82) is 0 Å². The minimum absolute atomic E-state index is 0.248. The van der Waals surface area contributed by atoms with Crippen LogP contribution in [0.2, 0.25) is 0 Å². The number of nitrogens with two attached hydrogens (primary N) is 1. The third-order valence-corrected chi connectivity index (χ3v) is 2.39. The second-order valence-corrected chi connectivity index (χ2v) is 3.63. The van der Waals surface area contributed by atoms with Gasteiger partial charge in [-0.2, -0.15) is 0 Å². The van der Waals surface area contributed by atoms with E-state index in [1.807, 2.05) is 0 Å². The molecule has 0 aromatic carbocycles. The van der Waals surface area contributed by atoms with Crippen molar-refractivity contribution in [2.45, 2.75) is 6.54 Å². The van der Waals surface area contributed by atoms with Crippen molar-refractivity contribution in [3.63, 3.8) is 0 Å². The van der Waals surface area contributed by atoms with E-state index in [-0.39, 0.29) is 11.6 Å². The molecule has 15 heavy (non-hydrogen) atoms. The summed E-state index contributed by atoms with van der Waals surface area (Å²) in [5.74, 6) is -0.296. The van der Waals surface area contributed by atoms with Gasteiger partial charge in [0.25, 0.3) is 5.91 Å². The molecule has 0 aliphatic carbocycles. The van der Waals surface area contributed by atoms with Crippen molar-refractivity contribution in [3.8, 4) is 0 Å². The van der Waals surface area contributed by atoms with E-state index in [1.165, 1.54) is 23.7 Å². The standard InChI is InChI=1S/C8H8N4O2S/c9-8-11-5(4-15-8)3-10-7(13)6-1-2-14-12-6/h1-2,4H,3H2,(H2,9,11)(H,10,13). The number of anilines is 1. The van der Waals surface area contributed by atoms with Gasteiger partial charge in [0.05, 0.1) is 12.2 Å². The van der Waals surface area contributed by atoms with Crippen LogP contribution in [0.15, 0.2) is 22.2 Å². The number of hydrogen-bond donors (Lipinski definition) is 2. The van der Waals surface area contributed by atoms with E-state index in [2.05, 4.69) is 20.0 Å². The molecule has 0 radical (unpaired) electrons. The molecule has 0 unspecified atom stereocenters. The van der Waals surface area contributed by atoms with Crippen LogP contribution in [0, 0.1) is 0 Å². The molecule has 0 fully saturated rings. The highest BCUT2D eigenvalue weighted by Crippen LogP contribution is 2.10. The Balaban J connectivity index is 1.91. The van der Waals surface area contributed by atoms with Gasteiger partial charge in [-0.05, 0) is 0 Å². The van der Waals surface area contributed by atoms with Crippen LogP contribution in [0.5, 0.6) is 0 Å². The predicted molar refractivity (Wildman–Crippen MR) is 54.2 cm³/mol. The molecule has 0 saturated carbocycles. The topological polar surface area (TPSA) is 94.0 Å². The Hall–Kier alpha value is -1.89. The van der Waals surface area contributed by atoms with Gasteiger partial charge < -0.3 is 15.6 Å². The summed E-state index contributed by atoms with van der Waals surface area (Å²) in [7, 11) is 0. The summed E-state index contributed by atoms with van der Waals surface area (Å²) in [6, 6.07) is 1.49. The number of carbonyl (C=O) groups is 1. The number of amides is 1. The molecule has 0 bridgehead atoms. The Bertz CT molecular complexity index is 451. The first-order valence-electron chi connectivity index (χ1n) is 4.14. The zero-order valence-corrected chi connectivity index (χ0v) is 8.45.